The Morgan fingerprint density at radius 3 is 2.76 bits per heavy atom. The molecule has 0 saturated heterocycles. The van der Waals surface area contributed by atoms with Gasteiger partial charge in [-0.05, 0) is 49.6 Å². The number of nitrogens with two attached hydrogens (primary N) is 1. The molecule has 0 amide bonds. The fourth-order valence-corrected chi connectivity index (χ4v) is 2.80. The summed E-state index contributed by atoms with van der Waals surface area (Å²) in [6, 6.07) is 7.74. The van der Waals surface area contributed by atoms with Gasteiger partial charge < -0.3 is 10.3 Å². The molecule has 21 heavy (non-hydrogen) atoms. The Bertz CT molecular complexity index is 544. The average Bonchev–Trinajstić information content (AvgIpc) is 2.93. The van der Waals surface area contributed by atoms with Gasteiger partial charge in [-0.2, -0.15) is 4.98 Å². The summed E-state index contributed by atoms with van der Waals surface area (Å²) < 4.78 is 5.27. The SMILES string of the molecule is CC(CCN)CCc1nc(CSc2ccc(Cl)cc2)no1. The normalized spacial score (nSPS) is 12.5. The highest BCUT2D eigenvalue weighted by Crippen LogP contribution is 2.23. The maximum Gasteiger partial charge on any atom is 0.226 e. The Morgan fingerprint density at radius 1 is 1.29 bits per heavy atom. The van der Waals surface area contributed by atoms with Crippen molar-refractivity contribution in [3.05, 3.63) is 41.0 Å². The minimum absolute atomic E-state index is 0.591. The fourth-order valence-electron chi connectivity index (χ4n) is 1.93. The lowest BCUT2D eigenvalue weighted by Crippen LogP contribution is -2.06. The third kappa shape index (κ3) is 5.69. The second-order valence-corrected chi connectivity index (χ2v) is 6.55. The van der Waals surface area contributed by atoms with E-state index in [1.807, 2.05) is 24.3 Å². The number of nitrogens with zero attached hydrogens (tertiary/aromatic N) is 2. The molecule has 1 aromatic carbocycles. The Labute approximate surface area is 134 Å². The third-order valence-electron chi connectivity index (χ3n) is 3.20. The van der Waals surface area contributed by atoms with Gasteiger partial charge >= 0.3 is 0 Å². The smallest absolute Gasteiger partial charge is 0.226 e. The summed E-state index contributed by atoms with van der Waals surface area (Å²) in [4.78, 5) is 5.56. The summed E-state index contributed by atoms with van der Waals surface area (Å²) >= 11 is 7.53. The van der Waals surface area contributed by atoms with Crippen molar-refractivity contribution in [3.63, 3.8) is 0 Å². The van der Waals surface area contributed by atoms with E-state index >= 15 is 0 Å². The number of aryl methyl sites for hydroxylation is 1. The zero-order valence-electron chi connectivity index (χ0n) is 12.1. The van der Waals surface area contributed by atoms with E-state index in [9.17, 15) is 0 Å². The van der Waals surface area contributed by atoms with E-state index in [0.717, 1.165) is 41.5 Å². The third-order valence-corrected chi connectivity index (χ3v) is 4.46. The first kappa shape index (κ1) is 16.3. The highest BCUT2D eigenvalue weighted by molar-refractivity contribution is 7.98. The van der Waals surface area contributed by atoms with Crippen LogP contribution in [0.2, 0.25) is 5.02 Å². The molecular formula is C15H20ClN3OS. The second kappa shape index (κ2) is 8.41. The second-order valence-electron chi connectivity index (χ2n) is 5.07. The molecule has 2 N–H and O–H groups in total. The molecule has 0 bridgehead atoms. The highest BCUT2D eigenvalue weighted by atomic mass is 35.5. The minimum Gasteiger partial charge on any atom is -0.339 e. The van der Waals surface area contributed by atoms with Crippen molar-refractivity contribution < 1.29 is 4.52 Å². The molecule has 2 rings (SSSR count). The van der Waals surface area contributed by atoms with Crippen LogP contribution in [0.1, 0.15) is 31.5 Å². The number of thioether (sulfide) groups is 1. The average molecular weight is 326 g/mol. The van der Waals surface area contributed by atoms with Gasteiger partial charge in [0.1, 0.15) is 0 Å². The Hall–Kier alpha value is -1.04. The summed E-state index contributed by atoms with van der Waals surface area (Å²) in [6.45, 7) is 2.93. The Balaban J connectivity index is 1.78. The molecule has 0 aliphatic rings. The van der Waals surface area contributed by atoms with Crippen LogP contribution in [0.25, 0.3) is 0 Å². The van der Waals surface area contributed by atoms with Crippen LogP contribution in [0.15, 0.2) is 33.7 Å². The lowest BCUT2D eigenvalue weighted by atomic mass is 10.0. The van der Waals surface area contributed by atoms with E-state index in [1.54, 1.807) is 11.8 Å². The van der Waals surface area contributed by atoms with Gasteiger partial charge in [0.2, 0.25) is 5.89 Å². The largest absolute Gasteiger partial charge is 0.339 e. The van der Waals surface area contributed by atoms with Gasteiger partial charge in [0.15, 0.2) is 5.82 Å². The van der Waals surface area contributed by atoms with Crippen LogP contribution >= 0.6 is 23.4 Å². The number of hydrogen-bond acceptors (Lipinski definition) is 5. The molecule has 6 heteroatoms. The van der Waals surface area contributed by atoms with E-state index < -0.39 is 0 Å². The predicted molar refractivity (Wildman–Crippen MR) is 86.5 cm³/mol. The lowest BCUT2D eigenvalue weighted by Gasteiger charge is -2.06. The molecular weight excluding hydrogens is 306 g/mol. The summed E-state index contributed by atoms with van der Waals surface area (Å²) in [5.41, 5.74) is 5.54. The van der Waals surface area contributed by atoms with Crippen molar-refractivity contribution in [2.75, 3.05) is 6.54 Å². The molecule has 1 heterocycles. The van der Waals surface area contributed by atoms with E-state index in [4.69, 9.17) is 21.9 Å². The van der Waals surface area contributed by atoms with Gasteiger partial charge in [-0.1, -0.05) is 23.7 Å². The van der Waals surface area contributed by atoms with Crippen LogP contribution in [0.4, 0.5) is 0 Å². The van der Waals surface area contributed by atoms with Gasteiger partial charge in [-0.25, -0.2) is 0 Å². The van der Waals surface area contributed by atoms with Gasteiger partial charge in [0, 0.05) is 16.3 Å². The molecule has 0 spiro atoms. The molecule has 1 unspecified atom stereocenters. The highest BCUT2D eigenvalue weighted by Gasteiger charge is 2.09. The molecule has 0 aliphatic heterocycles. The van der Waals surface area contributed by atoms with Gasteiger partial charge in [-0.15, -0.1) is 11.8 Å². The lowest BCUT2D eigenvalue weighted by molar-refractivity contribution is 0.359. The van der Waals surface area contributed by atoms with Gasteiger partial charge in [-0.3, -0.25) is 0 Å². The van der Waals surface area contributed by atoms with E-state index in [-0.39, 0.29) is 0 Å². The summed E-state index contributed by atoms with van der Waals surface area (Å²) in [5.74, 6) is 2.74. The standard InChI is InChI=1S/C15H20ClN3OS/c1-11(8-9-17)2-7-15-18-14(19-20-15)10-21-13-5-3-12(16)4-6-13/h3-6,11H,2,7-10,17H2,1H3. The number of benzene rings is 1. The quantitative estimate of drug-likeness (QED) is 0.745. The van der Waals surface area contributed by atoms with Gasteiger partial charge in [0.25, 0.3) is 0 Å². The molecule has 1 atom stereocenters. The topological polar surface area (TPSA) is 64.9 Å². The first-order valence-electron chi connectivity index (χ1n) is 7.07. The van der Waals surface area contributed by atoms with E-state index in [0.29, 0.717) is 17.6 Å². The summed E-state index contributed by atoms with van der Waals surface area (Å²) in [7, 11) is 0. The van der Waals surface area contributed by atoms with E-state index in [1.165, 1.54) is 0 Å². The number of halogens is 1. The van der Waals surface area contributed by atoms with Crippen molar-refractivity contribution in [1.29, 1.82) is 0 Å². The molecule has 0 fully saturated rings. The molecule has 1 aromatic heterocycles. The maximum atomic E-state index is 5.86. The molecule has 0 radical (unpaired) electrons. The molecule has 4 nitrogen and oxygen atoms in total. The number of hydrogen-bond donors (Lipinski definition) is 1. The zero-order chi connectivity index (χ0) is 15.1. The summed E-state index contributed by atoms with van der Waals surface area (Å²) in [5, 5.41) is 4.76. The van der Waals surface area contributed by atoms with Crippen LogP contribution in [0.3, 0.4) is 0 Å². The van der Waals surface area contributed by atoms with Crippen LogP contribution in [-0.2, 0) is 12.2 Å². The zero-order valence-corrected chi connectivity index (χ0v) is 13.7. The molecule has 2 aromatic rings. The minimum atomic E-state index is 0.591. The predicted octanol–water partition coefficient (Wildman–Crippen LogP) is 3.93. The molecule has 114 valence electrons. The van der Waals surface area contributed by atoms with Crippen LogP contribution in [-0.4, -0.2) is 16.7 Å². The fraction of sp³-hybridized carbons (Fsp3) is 0.467. The van der Waals surface area contributed by atoms with Crippen molar-refractivity contribution in [1.82, 2.24) is 10.1 Å². The van der Waals surface area contributed by atoms with Crippen molar-refractivity contribution in [3.8, 4) is 0 Å². The Kier molecular flexibility index (Phi) is 6.54. The van der Waals surface area contributed by atoms with Crippen molar-refractivity contribution in [2.24, 2.45) is 11.7 Å². The van der Waals surface area contributed by atoms with Crippen LogP contribution < -0.4 is 5.73 Å². The number of rotatable bonds is 8. The number of aromatic nitrogens is 2. The monoisotopic (exact) mass is 325 g/mol. The first-order valence-corrected chi connectivity index (χ1v) is 8.43. The van der Waals surface area contributed by atoms with Crippen molar-refractivity contribution >= 4 is 23.4 Å². The van der Waals surface area contributed by atoms with Crippen LogP contribution in [0, 0.1) is 5.92 Å². The Morgan fingerprint density at radius 2 is 2.05 bits per heavy atom. The van der Waals surface area contributed by atoms with Crippen LogP contribution in [0.5, 0.6) is 0 Å². The van der Waals surface area contributed by atoms with E-state index in [2.05, 4.69) is 17.1 Å². The van der Waals surface area contributed by atoms with Crippen molar-refractivity contribution in [2.45, 2.75) is 36.8 Å². The summed E-state index contributed by atoms with van der Waals surface area (Å²) in [6.07, 6.45) is 2.89. The first-order chi connectivity index (χ1) is 10.2. The molecule has 0 saturated carbocycles. The molecule has 0 aliphatic carbocycles. The van der Waals surface area contributed by atoms with Gasteiger partial charge in [0.05, 0.1) is 5.75 Å². The maximum absolute atomic E-state index is 5.86.